The number of benzene rings is 3. The van der Waals surface area contributed by atoms with Crippen molar-refractivity contribution >= 4 is 21.9 Å². The number of rotatable bonds is 6. The van der Waals surface area contributed by atoms with Crippen molar-refractivity contribution < 1.29 is 39.4 Å². The molecule has 2 aromatic heterocycles. The third kappa shape index (κ3) is 3.26. The Balaban J connectivity index is 1.30. The number of aromatic nitrogens is 2. The summed E-state index contributed by atoms with van der Waals surface area (Å²) in [5.41, 5.74) is 0.332. The van der Waals surface area contributed by atoms with E-state index in [1.54, 1.807) is 43.3 Å². The Hall–Kier alpha value is -4.09. The molecule has 0 spiro atoms. The molecule has 0 saturated carbocycles. The molecule has 0 radical (unpaired) electrons. The topological polar surface area (TPSA) is 151 Å². The van der Waals surface area contributed by atoms with Crippen LogP contribution < -0.4 is 4.74 Å². The van der Waals surface area contributed by atoms with Gasteiger partial charge in [-0.25, -0.2) is 0 Å². The van der Waals surface area contributed by atoms with Crippen molar-refractivity contribution in [3.8, 4) is 23.5 Å². The highest BCUT2D eigenvalue weighted by Crippen LogP contribution is 2.65. The zero-order chi connectivity index (χ0) is 27.1. The molecule has 4 heterocycles. The van der Waals surface area contributed by atoms with Crippen LogP contribution in [0.5, 0.6) is 17.8 Å². The van der Waals surface area contributed by atoms with Crippen LogP contribution in [-0.2, 0) is 15.9 Å². The molecule has 7 rings (SSSR count). The van der Waals surface area contributed by atoms with E-state index < -0.39 is 23.6 Å². The van der Waals surface area contributed by atoms with Crippen LogP contribution in [0.1, 0.15) is 42.7 Å². The van der Waals surface area contributed by atoms with Gasteiger partial charge in [0, 0.05) is 23.8 Å². The lowest BCUT2D eigenvalue weighted by Gasteiger charge is -2.26. The van der Waals surface area contributed by atoms with Crippen molar-refractivity contribution in [2.24, 2.45) is 0 Å². The number of para-hydroxylation sites is 2. The third-order valence-corrected chi connectivity index (χ3v) is 8.10. The molecule has 1 fully saturated rings. The second kappa shape index (κ2) is 8.20. The van der Waals surface area contributed by atoms with Crippen LogP contribution in [-0.4, -0.2) is 47.8 Å². The number of fused-ring (bicyclic) bond motifs is 7. The standard InChI is InChI=1S/C29H26N2O8/c1-28-21(32)14-29(39-28,12-13-37-27-30-18-8-4-5-9-20(18)38-27)23-22(28)24(33)31(25(23)34)19-11-10-17(26(35)36)15-6-2-3-7-16(15)19/h2-11,21,26,32-36H,12-14H2,1H3/t21-,28-,29+/m0/s1. The first kappa shape index (κ1) is 24.0. The molecule has 3 aromatic carbocycles. The number of nitrogens with zero attached hydrogens (tertiary/aromatic N) is 2. The van der Waals surface area contributed by atoms with E-state index in [1.165, 1.54) is 10.6 Å². The molecule has 200 valence electrons. The average molecular weight is 531 g/mol. The highest BCUT2D eigenvalue weighted by atomic mass is 16.6. The minimum Gasteiger partial charge on any atom is -0.494 e. The summed E-state index contributed by atoms with van der Waals surface area (Å²) in [4.78, 5) is 4.32. The maximum Gasteiger partial charge on any atom is 0.394 e. The Bertz CT molecular complexity index is 1720. The first-order valence-corrected chi connectivity index (χ1v) is 12.7. The summed E-state index contributed by atoms with van der Waals surface area (Å²) in [7, 11) is 0. The van der Waals surface area contributed by atoms with Crippen molar-refractivity contribution in [2.45, 2.75) is 43.4 Å². The van der Waals surface area contributed by atoms with Gasteiger partial charge < -0.3 is 39.4 Å². The summed E-state index contributed by atoms with van der Waals surface area (Å²) < 4.78 is 19.1. The Labute approximate surface area is 221 Å². The molecule has 0 unspecified atom stereocenters. The van der Waals surface area contributed by atoms with Crippen LogP contribution in [0.25, 0.3) is 27.6 Å². The predicted molar refractivity (Wildman–Crippen MR) is 139 cm³/mol. The van der Waals surface area contributed by atoms with E-state index in [2.05, 4.69) is 4.98 Å². The van der Waals surface area contributed by atoms with Crippen molar-refractivity contribution in [1.82, 2.24) is 9.55 Å². The van der Waals surface area contributed by atoms with E-state index in [0.717, 1.165) is 0 Å². The number of aliphatic hydroxyl groups is 3. The van der Waals surface area contributed by atoms with Gasteiger partial charge in [0.25, 0.3) is 0 Å². The second-order valence-corrected chi connectivity index (χ2v) is 10.3. The Morgan fingerprint density at radius 2 is 1.72 bits per heavy atom. The van der Waals surface area contributed by atoms with Crippen molar-refractivity contribution in [2.75, 3.05) is 6.61 Å². The minimum atomic E-state index is -1.69. The van der Waals surface area contributed by atoms with E-state index in [0.29, 0.717) is 44.2 Å². The smallest absolute Gasteiger partial charge is 0.394 e. The molecule has 1 saturated heterocycles. The van der Waals surface area contributed by atoms with Gasteiger partial charge in [-0.2, -0.15) is 4.98 Å². The zero-order valence-corrected chi connectivity index (χ0v) is 20.9. The molecule has 2 aliphatic heterocycles. The fourth-order valence-electron chi connectivity index (χ4n) is 6.29. The molecule has 0 amide bonds. The maximum absolute atomic E-state index is 11.6. The summed E-state index contributed by atoms with van der Waals surface area (Å²) in [6, 6.07) is 17.5. The van der Waals surface area contributed by atoms with Crippen LogP contribution in [0.15, 0.2) is 65.1 Å². The molecular formula is C29H26N2O8. The average Bonchev–Trinajstić information content (AvgIpc) is 3.60. The lowest BCUT2D eigenvalue weighted by Crippen LogP contribution is -2.33. The van der Waals surface area contributed by atoms with Gasteiger partial charge in [-0.3, -0.25) is 4.57 Å². The highest BCUT2D eigenvalue weighted by Gasteiger charge is 2.66. The zero-order valence-electron chi connectivity index (χ0n) is 20.9. The molecule has 39 heavy (non-hydrogen) atoms. The lowest BCUT2D eigenvalue weighted by atomic mass is 9.76. The van der Waals surface area contributed by atoms with Gasteiger partial charge >= 0.3 is 6.08 Å². The van der Waals surface area contributed by atoms with Crippen LogP contribution in [0.2, 0.25) is 0 Å². The fourth-order valence-corrected chi connectivity index (χ4v) is 6.29. The number of hydrogen-bond acceptors (Lipinski definition) is 9. The summed E-state index contributed by atoms with van der Waals surface area (Å²) in [6.45, 7) is 1.81. The Morgan fingerprint density at radius 3 is 2.49 bits per heavy atom. The Morgan fingerprint density at radius 1 is 1.00 bits per heavy atom. The van der Waals surface area contributed by atoms with Crippen molar-refractivity contribution in [3.63, 3.8) is 0 Å². The van der Waals surface area contributed by atoms with Crippen LogP contribution >= 0.6 is 0 Å². The molecule has 2 aliphatic rings. The van der Waals surface area contributed by atoms with E-state index in [4.69, 9.17) is 13.9 Å². The molecule has 10 heteroatoms. The van der Waals surface area contributed by atoms with E-state index in [9.17, 15) is 25.5 Å². The van der Waals surface area contributed by atoms with Gasteiger partial charge in [0.2, 0.25) is 11.8 Å². The quantitative estimate of drug-likeness (QED) is 0.206. The highest BCUT2D eigenvalue weighted by molar-refractivity contribution is 5.93. The largest absolute Gasteiger partial charge is 0.494 e. The predicted octanol–water partition coefficient (Wildman–Crippen LogP) is 3.84. The number of hydrogen-bond donors (Lipinski definition) is 5. The molecule has 0 aliphatic carbocycles. The molecule has 5 aromatic rings. The van der Waals surface area contributed by atoms with E-state index in [1.807, 2.05) is 18.2 Å². The van der Waals surface area contributed by atoms with Crippen LogP contribution in [0.4, 0.5) is 0 Å². The summed E-state index contributed by atoms with van der Waals surface area (Å²) in [5.74, 6) is -0.476. The van der Waals surface area contributed by atoms with Crippen molar-refractivity contribution in [1.29, 1.82) is 0 Å². The van der Waals surface area contributed by atoms with Gasteiger partial charge in [0.05, 0.1) is 29.5 Å². The summed E-state index contributed by atoms with van der Waals surface area (Å²) >= 11 is 0. The number of aliphatic hydroxyl groups excluding tert-OH is 2. The minimum absolute atomic E-state index is 0.106. The van der Waals surface area contributed by atoms with Gasteiger partial charge in [0.15, 0.2) is 11.9 Å². The molecule has 5 N–H and O–H groups in total. The van der Waals surface area contributed by atoms with Gasteiger partial charge in [0.1, 0.15) is 16.7 Å². The van der Waals surface area contributed by atoms with E-state index in [-0.39, 0.29) is 37.3 Å². The first-order valence-electron chi connectivity index (χ1n) is 12.7. The number of aromatic hydroxyl groups is 2. The van der Waals surface area contributed by atoms with E-state index >= 15 is 0 Å². The normalized spacial score (nSPS) is 23.8. The number of ether oxygens (including phenoxy) is 2. The monoisotopic (exact) mass is 530 g/mol. The van der Waals surface area contributed by atoms with Gasteiger partial charge in [-0.1, -0.05) is 42.5 Å². The summed E-state index contributed by atoms with van der Waals surface area (Å²) in [6.07, 6.45) is -2.07. The van der Waals surface area contributed by atoms with Crippen molar-refractivity contribution in [3.05, 3.63) is 77.4 Å². The molecule has 2 bridgehead atoms. The van der Waals surface area contributed by atoms with Gasteiger partial charge in [-0.05, 0) is 30.5 Å². The molecule has 3 atom stereocenters. The van der Waals surface area contributed by atoms with Gasteiger partial charge in [-0.15, -0.1) is 0 Å². The Kier molecular flexibility index (Phi) is 5.05. The SMILES string of the molecule is C[C@]12O[C@](CCOc3nc4ccccc4o3)(C[C@@H]1O)c1c2c(O)n(-c2ccc(C(O)O)c3ccccc23)c1O. The molecule has 10 nitrogen and oxygen atoms in total. The number of oxazole rings is 1. The van der Waals surface area contributed by atoms with Crippen LogP contribution in [0.3, 0.4) is 0 Å². The maximum atomic E-state index is 11.6. The third-order valence-electron chi connectivity index (χ3n) is 8.10. The summed E-state index contributed by atoms with van der Waals surface area (Å²) in [5, 5.41) is 54.9. The van der Waals surface area contributed by atoms with Crippen LogP contribution in [0, 0.1) is 0 Å². The fraction of sp³-hybridized carbons (Fsp3) is 0.276. The molecular weight excluding hydrogens is 504 g/mol. The lowest BCUT2D eigenvalue weighted by molar-refractivity contribution is -0.107. The second-order valence-electron chi connectivity index (χ2n) is 10.3. The first-order chi connectivity index (χ1) is 18.7.